The average molecular weight is 426 g/mol. The molecule has 0 bridgehead atoms. The molecular weight excluding hydrogens is 383 g/mol. The van der Waals surface area contributed by atoms with Gasteiger partial charge in [0, 0.05) is 18.8 Å². The van der Waals surface area contributed by atoms with Crippen molar-refractivity contribution in [2.45, 2.75) is 97.1 Å². The summed E-state index contributed by atoms with van der Waals surface area (Å²) in [5.74, 6) is 0.0641. The summed E-state index contributed by atoms with van der Waals surface area (Å²) in [5.41, 5.74) is 0.0731. The maximum atomic E-state index is 13.4. The molecule has 0 aromatic carbocycles. The molecule has 1 aliphatic heterocycles. The lowest BCUT2D eigenvalue weighted by atomic mass is 9.88. The highest BCUT2D eigenvalue weighted by atomic mass is 19.4. The van der Waals surface area contributed by atoms with Gasteiger partial charge in [0.05, 0.1) is 19.3 Å². The number of rotatable bonds is 13. The number of unbranched alkanes of at least 4 members (excludes halogenated alkanes) is 2. The van der Waals surface area contributed by atoms with Gasteiger partial charge in [0.25, 0.3) is 0 Å². The number of nitrogens with zero attached hydrogens (tertiary/aromatic N) is 1. The summed E-state index contributed by atoms with van der Waals surface area (Å²) >= 11 is 0. The van der Waals surface area contributed by atoms with E-state index in [2.05, 4.69) is 25.7 Å². The van der Waals surface area contributed by atoms with Gasteiger partial charge in [0.1, 0.15) is 0 Å². The van der Waals surface area contributed by atoms with Crippen molar-refractivity contribution in [2.24, 2.45) is 5.92 Å². The molecule has 0 saturated carbocycles. The molecule has 0 aromatic heterocycles. The van der Waals surface area contributed by atoms with Gasteiger partial charge >= 0.3 is 6.18 Å². The SMILES string of the molecule is CC(C)OCCCCCOCCOC(CC1CCN(C(C)(C)C)CC1)C(F)(F)F. The molecule has 1 rings (SSSR count). The van der Waals surface area contributed by atoms with Crippen LogP contribution in [0, 0.1) is 5.92 Å². The highest BCUT2D eigenvalue weighted by molar-refractivity contribution is 4.84. The quantitative estimate of drug-likeness (QED) is 0.367. The molecular formula is C22H42F3NO3. The third-order valence-electron chi connectivity index (χ3n) is 5.41. The Bertz CT molecular complexity index is 417. The van der Waals surface area contributed by atoms with Crippen molar-refractivity contribution < 1.29 is 27.4 Å². The van der Waals surface area contributed by atoms with E-state index in [1.165, 1.54) is 0 Å². The first-order chi connectivity index (χ1) is 13.5. The number of piperidine rings is 1. The van der Waals surface area contributed by atoms with Crippen LogP contribution in [-0.2, 0) is 14.2 Å². The van der Waals surface area contributed by atoms with Gasteiger partial charge in [-0.3, -0.25) is 4.90 Å². The summed E-state index contributed by atoms with van der Waals surface area (Å²) in [7, 11) is 0. The molecule has 1 unspecified atom stereocenters. The Kier molecular flexibility index (Phi) is 12.1. The van der Waals surface area contributed by atoms with Crippen LogP contribution in [0.5, 0.6) is 0 Å². The molecule has 1 fully saturated rings. The zero-order chi connectivity index (χ0) is 21.9. The normalized spacial score (nSPS) is 18.5. The Morgan fingerprint density at radius 2 is 1.48 bits per heavy atom. The summed E-state index contributed by atoms with van der Waals surface area (Å²) in [6, 6.07) is 0. The van der Waals surface area contributed by atoms with Gasteiger partial charge in [-0.2, -0.15) is 13.2 Å². The maximum Gasteiger partial charge on any atom is 0.414 e. The van der Waals surface area contributed by atoms with E-state index in [1.807, 2.05) is 13.8 Å². The summed E-state index contributed by atoms with van der Waals surface area (Å²) in [6.45, 7) is 13.6. The van der Waals surface area contributed by atoms with Crippen LogP contribution in [-0.4, -0.2) is 68.3 Å². The van der Waals surface area contributed by atoms with Crippen molar-refractivity contribution in [1.82, 2.24) is 4.90 Å². The van der Waals surface area contributed by atoms with E-state index in [0.29, 0.717) is 6.61 Å². The highest BCUT2D eigenvalue weighted by Gasteiger charge is 2.42. The molecule has 0 spiro atoms. The van der Waals surface area contributed by atoms with Crippen LogP contribution in [0.2, 0.25) is 0 Å². The summed E-state index contributed by atoms with van der Waals surface area (Å²) in [6.07, 6.45) is -1.27. The second kappa shape index (κ2) is 13.1. The monoisotopic (exact) mass is 425 g/mol. The molecule has 7 heteroatoms. The van der Waals surface area contributed by atoms with Gasteiger partial charge in [-0.1, -0.05) is 0 Å². The summed E-state index contributed by atoms with van der Waals surface area (Å²) < 4.78 is 56.2. The fraction of sp³-hybridized carbons (Fsp3) is 1.00. The van der Waals surface area contributed by atoms with Gasteiger partial charge in [-0.05, 0) is 92.2 Å². The predicted octanol–water partition coefficient (Wildman–Crippen LogP) is 5.45. The minimum absolute atomic E-state index is 0.0124. The Morgan fingerprint density at radius 3 is 2.03 bits per heavy atom. The van der Waals surface area contributed by atoms with Crippen molar-refractivity contribution >= 4 is 0 Å². The molecule has 1 heterocycles. The van der Waals surface area contributed by atoms with Crippen LogP contribution in [0.4, 0.5) is 13.2 Å². The molecule has 4 nitrogen and oxygen atoms in total. The number of likely N-dealkylation sites (tertiary alicyclic amines) is 1. The largest absolute Gasteiger partial charge is 0.414 e. The Balaban J connectivity index is 2.18. The van der Waals surface area contributed by atoms with Gasteiger partial charge in [0.2, 0.25) is 0 Å². The van der Waals surface area contributed by atoms with Gasteiger partial charge in [0.15, 0.2) is 6.10 Å². The van der Waals surface area contributed by atoms with Gasteiger partial charge in [-0.25, -0.2) is 0 Å². The van der Waals surface area contributed by atoms with E-state index >= 15 is 0 Å². The van der Waals surface area contributed by atoms with Crippen molar-refractivity contribution in [3.8, 4) is 0 Å². The molecule has 29 heavy (non-hydrogen) atoms. The minimum Gasteiger partial charge on any atom is -0.379 e. The standard InChI is InChI=1S/C22H42F3NO3/c1-18(2)28-14-8-6-7-13-27-15-16-29-20(22(23,24)25)17-19-9-11-26(12-10-19)21(3,4)5/h18-20H,6-17H2,1-5H3. The van der Waals surface area contributed by atoms with Crippen LogP contribution in [0.1, 0.15) is 73.1 Å². The predicted molar refractivity (Wildman–Crippen MR) is 110 cm³/mol. The van der Waals surface area contributed by atoms with Crippen LogP contribution in [0.3, 0.4) is 0 Å². The van der Waals surface area contributed by atoms with E-state index in [0.717, 1.165) is 51.8 Å². The van der Waals surface area contributed by atoms with Crippen molar-refractivity contribution in [3.05, 3.63) is 0 Å². The van der Waals surface area contributed by atoms with Gasteiger partial charge < -0.3 is 14.2 Å². The minimum atomic E-state index is -4.32. The fourth-order valence-electron chi connectivity index (χ4n) is 3.59. The van der Waals surface area contributed by atoms with E-state index in [1.54, 1.807) is 0 Å². The molecule has 0 N–H and O–H groups in total. The first-order valence-electron chi connectivity index (χ1n) is 11.1. The second-order valence-corrected chi connectivity index (χ2v) is 9.33. The van der Waals surface area contributed by atoms with Crippen LogP contribution in [0.25, 0.3) is 0 Å². The van der Waals surface area contributed by atoms with E-state index < -0.39 is 12.3 Å². The number of hydrogen-bond donors (Lipinski definition) is 0. The zero-order valence-electron chi connectivity index (χ0n) is 19.0. The number of hydrogen-bond acceptors (Lipinski definition) is 4. The van der Waals surface area contributed by atoms with E-state index in [4.69, 9.17) is 14.2 Å². The molecule has 1 atom stereocenters. The van der Waals surface area contributed by atoms with E-state index in [9.17, 15) is 13.2 Å². The lowest BCUT2D eigenvalue weighted by Gasteiger charge is -2.41. The molecule has 0 amide bonds. The molecule has 0 radical (unpaired) electrons. The first kappa shape index (κ1) is 26.7. The number of halogens is 3. The Hall–Kier alpha value is -0.370. The molecule has 0 aliphatic carbocycles. The highest BCUT2D eigenvalue weighted by Crippen LogP contribution is 2.33. The lowest BCUT2D eigenvalue weighted by molar-refractivity contribution is -0.228. The van der Waals surface area contributed by atoms with Crippen molar-refractivity contribution in [3.63, 3.8) is 0 Å². The molecule has 1 aliphatic rings. The smallest absolute Gasteiger partial charge is 0.379 e. The topological polar surface area (TPSA) is 30.9 Å². The summed E-state index contributed by atoms with van der Waals surface area (Å²) in [5, 5.41) is 0. The molecule has 174 valence electrons. The molecule has 1 saturated heterocycles. The first-order valence-corrected chi connectivity index (χ1v) is 11.1. The van der Waals surface area contributed by atoms with Crippen LogP contribution < -0.4 is 0 Å². The third kappa shape index (κ3) is 12.2. The van der Waals surface area contributed by atoms with Crippen LogP contribution >= 0.6 is 0 Å². The number of alkyl halides is 3. The second-order valence-electron chi connectivity index (χ2n) is 9.33. The fourth-order valence-corrected chi connectivity index (χ4v) is 3.59. The zero-order valence-corrected chi connectivity index (χ0v) is 19.0. The average Bonchev–Trinajstić information content (AvgIpc) is 2.60. The molecule has 0 aromatic rings. The van der Waals surface area contributed by atoms with Crippen LogP contribution in [0.15, 0.2) is 0 Å². The summed E-state index contributed by atoms with van der Waals surface area (Å²) in [4.78, 5) is 2.34. The van der Waals surface area contributed by atoms with Crippen molar-refractivity contribution in [2.75, 3.05) is 39.5 Å². The Labute approximate surface area is 175 Å². The lowest BCUT2D eigenvalue weighted by Crippen LogP contribution is -2.47. The number of ether oxygens (including phenoxy) is 3. The van der Waals surface area contributed by atoms with Gasteiger partial charge in [-0.15, -0.1) is 0 Å². The third-order valence-corrected chi connectivity index (χ3v) is 5.41. The Morgan fingerprint density at radius 1 is 0.862 bits per heavy atom. The van der Waals surface area contributed by atoms with Crippen molar-refractivity contribution in [1.29, 1.82) is 0 Å². The van der Waals surface area contributed by atoms with E-state index in [-0.39, 0.29) is 37.2 Å². The maximum absolute atomic E-state index is 13.4.